The van der Waals surface area contributed by atoms with Crippen LogP contribution in [0.5, 0.6) is 0 Å². The Kier molecular flexibility index (Phi) is 5.24. The van der Waals surface area contributed by atoms with Crippen LogP contribution >= 0.6 is 11.3 Å². The highest BCUT2D eigenvalue weighted by Crippen LogP contribution is 2.43. The lowest BCUT2D eigenvalue weighted by Gasteiger charge is -2.23. The molecule has 1 amide bonds. The topological polar surface area (TPSA) is 41.1 Å². The molecule has 4 heteroatoms. The van der Waals surface area contributed by atoms with Gasteiger partial charge in [0.05, 0.1) is 11.6 Å². The maximum absolute atomic E-state index is 13.1. The zero-order chi connectivity index (χ0) is 17.1. The Morgan fingerprint density at radius 1 is 1.25 bits per heavy atom. The maximum Gasteiger partial charge on any atom is 0.232 e. The molecule has 3 rings (SSSR count). The van der Waals surface area contributed by atoms with Crippen LogP contribution in [0.25, 0.3) is 0 Å². The number of carbonyl (C=O) groups is 1. The van der Waals surface area contributed by atoms with Crippen molar-refractivity contribution in [2.45, 2.75) is 45.4 Å². The maximum atomic E-state index is 13.1. The molecule has 0 saturated heterocycles. The SMILES string of the molecule is CCC(C)C(C(=O)Nc1sc2c(c1NC)CCC2)c1ccccc1. The van der Waals surface area contributed by atoms with Crippen molar-refractivity contribution < 1.29 is 4.79 Å². The third-order valence-corrected chi connectivity index (χ3v) is 6.27. The molecule has 0 radical (unpaired) electrons. The van der Waals surface area contributed by atoms with Gasteiger partial charge in [-0.1, -0.05) is 50.6 Å². The number of hydrogen-bond donors (Lipinski definition) is 2. The van der Waals surface area contributed by atoms with Crippen LogP contribution in [0.1, 0.15) is 48.6 Å². The monoisotopic (exact) mass is 342 g/mol. The summed E-state index contributed by atoms with van der Waals surface area (Å²) in [6, 6.07) is 10.1. The van der Waals surface area contributed by atoms with Crippen LogP contribution in [0.3, 0.4) is 0 Å². The van der Waals surface area contributed by atoms with E-state index in [1.165, 1.54) is 16.9 Å². The van der Waals surface area contributed by atoms with E-state index in [0.717, 1.165) is 35.5 Å². The van der Waals surface area contributed by atoms with Gasteiger partial charge >= 0.3 is 0 Å². The van der Waals surface area contributed by atoms with E-state index in [-0.39, 0.29) is 11.8 Å². The van der Waals surface area contributed by atoms with Gasteiger partial charge in [-0.2, -0.15) is 0 Å². The van der Waals surface area contributed by atoms with Crippen molar-refractivity contribution in [3.63, 3.8) is 0 Å². The van der Waals surface area contributed by atoms with Crippen molar-refractivity contribution in [1.82, 2.24) is 0 Å². The van der Waals surface area contributed by atoms with Crippen LogP contribution in [-0.4, -0.2) is 13.0 Å². The zero-order valence-corrected chi connectivity index (χ0v) is 15.5. The fourth-order valence-electron chi connectivity index (χ4n) is 3.58. The lowest BCUT2D eigenvalue weighted by molar-refractivity contribution is -0.118. The van der Waals surface area contributed by atoms with Crippen LogP contribution in [0.2, 0.25) is 0 Å². The molecule has 2 atom stereocenters. The number of benzene rings is 1. The highest BCUT2D eigenvalue weighted by molar-refractivity contribution is 7.17. The van der Waals surface area contributed by atoms with Gasteiger partial charge in [-0.25, -0.2) is 0 Å². The molecule has 1 aromatic carbocycles. The summed E-state index contributed by atoms with van der Waals surface area (Å²) in [5, 5.41) is 7.50. The minimum atomic E-state index is -0.113. The Hall–Kier alpha value is -1.81. The molecule has 2 unspecified atom stereocenters. The molecule has 1 aromatic heterocycles. The molecule has 0 spiro atoms. The molecule has 1 heterocycles. The summed E-state index contributed by atoms with van der Waals surface area (Å²) in [4.78, 5) is 14.5. The molecular weight excluding hydrogens is 316 g/mol. The van der Waals surface area contributed by atoms with Crippen molar-refractivity contribution in [3.8, 4) is 0 Å². The first-order chi connectivity index (χ1) is 11.7. The second-order valence-electron chi connectivity index (χ2n) is 6.57. The number of rotatable bonds is 6. The number of carbonyl (C=O) groups excluding carboxylic acids is 1. The second-order valence-corrected chi connectivity index (χ2v) is 7.68. The zero-order valence-electron chi connectivity index (χ0n) is 14.7. The normalized spacial score (nSPS) is 15.6. The molecule has 3 nitrogen and oxygen atoms in total. The summed E-state index contributed by atoms with van der Waals surface area (Å²) in [5.74, 6) is 0.294. The average Bonchev–Trinajstić information content (AvgIpc) is 3.16. The molecule has 1 aliphatic rings. The van der Waals surface area contributed by atoms with Gasteiger partial charge in [-0.15, -0.1) is 11.3 Å². The number of nitrogens with one attached hydrogen (secondary N) is 2. The number of thiophene rings is 1. The fraction of sp³-hybridized carbons (Fsp3) is 0.450. The van der Waals surface area contributed by atoms with Gasteiger partial charge in [0, 0.05) is 11.9 Å². The first-order valence-corrected chi connectivity index (χ1v) is 9.65. The van der Waals surface area contributed by atoms with Gasteiger partial charge in [0.25, 0.3) is 0 Å². The summed E-state index contributed by atoms with van der Waals surface area (Å²) in [7, 11) is 1.94. The lowest BCUT2D eigenvalue weighted by atomic mass is 9.85. The van der Waals surface area contributed by atoms with Gasteiger partial charge in [0.15, 0.2) is 0 Å². The number of amides is 1. The number of fused-ring (bicyclic) bond motifs is 1. The Morgan fingerprint density at radius 2 is 2.00 bits per heavy atom. The summed E-state index contributed by atoms with van der Waals surface area (Å²) < 4.78 is 0. The smallest absolute Gasteiger partial charge is 0.232 e. The fourth-order valence-corrected chi connectivity index (χ4v) is 4.88. The van der Waals surface area contributed by atoms with E-state index in [4.69, 9.17) is 0 Å². The highest BCUT2D eigenvalue weighted by atomic mass is 32.1. The molecule has 24 heavy (non-hydrogen) atoms. The molecule has 0 fully saturated rings. The molecule has 128 valence electrons. The molecule has 0 saturated carbocycles. The van der Waals surface area contributed by atoms with E-state index in [9.17, 15) is 4.79 Å². The third-order valence-electron chi connectivity index (χ3n) is 5.06. The Bertz CT molecular complexity index is 708. The van der Waals surface area contributed by atoms with E-state index < -0.39 is 0 Å². The predicted octanol–water partition coefficient (Wildman–Crippen LogP) is 5.05. The van der Waals surface area contributed by atoms with Crippen LogP contribution in [0.15, 0.2) is 30.3 Å². The number of aryl methyl sites for hydroxylation is 1. The quantitative estimate of drug-likeness (QED) is 0.771. The van der Waals surface area contributed by atoms with E-state index in [1.807, 2.05) is 25.2 Å². The highest BCUT2D eigenvalue weighted by Gasteiger charge is 2.28. The van der Waals surface area contributed by atoms with Crippen LogP contribution in [0.4, 0.5) is 10.7 Å². The molecule has 0 aliphatic heterocycles. The van der Waals surface area contributed by atoms with Crippen molar-refractivity contribution in [3.05, 3.63) is 46.3 Å². The summed E-state index contributed by atoms with van der Waals surface area (Å²) >= 11 is 1.74. The van der Waals surface area contributed by atoms with Gasteiger partial charge in [0.1, 0.15) is 5.00 Å². The first kappa shape index (κ1) is 17.0. The summed E-state index contributed by atoms with van der Waals surface area (Å²) in [6.45, 7) is 4.30. The average molecular weight is 343 g/mol. The van der Waals surface area contributed by atoms with Gasteiger partial charge in [-0.05, 0) is 36.3 Å². The molecular formula is C20H26N2OS. The minimum absolute atomic E-state index is 0.104. The third kappa shape index (κ3) is 3.20. The Balaban J connectivity index is 1.87. The van der Waals surface area contributed by atoms with E-state index in [1.54, 1.807) is 11.3 Å². The van der Waals surface area contributed by atoms with E-state index >= 15 is 0 Å². The van der Waals surface area contributed by atoms with Gasteiger partial charge in [-0.3, -0.25) is 4.79 Å². The summed E-state index contributed by atoms with van der Waals surface area (Å²) in [6.07, 6.45) is 4.46. The molecule has 2 N–H and O–H groups in total. The van der Waals surface area contributed by atoms with Crippen molar-refractivity contribution in [1.29, 1.82) is 0 Å². The van der Waals surface area contributed by atoms with Crippen molar-refractivity contribution >= 4 is 27.9 Å². The van der Waals surface area contributed by atoms with Gasteiger partial charge < -0.3 is 10.6 Å². The van der Waals surface area contributed by atoms with Crippen LogP contribution < -0.4 is 10.6 Å². The van der Waals surface area contributed by atoms with Gasteiger partial charge in [0.2, 0.25) is 5.91 Å². The number of hydrogen-bond acceptors (Lipinski definition) is 3. The van der Waals surface area contributed by atoms with E-state index in [0.29, 0.717) is 5.92 Å². The first-order valence-electron chi connectivity index (χ1n) is 8.83. The minimum Gasteiger partial charge on any atom is -0.385 e. The summed E-state index contributed by atoms with van der Waals surface area (Å²) in [5.41, 5.74) is 3.62. The predicted molar refractivity (Wildman–Crippen MR) is 103 cm³/mol. The van der Waals surface area contributed by atoms with Crippen molar-refractivity contribution in [2.75, 3.05) is 17.7 Å². The van der Waals surface area contributed by atoms with Crippen molar-refractivity contribution in [2.24, 2.45) is 5.92 Å². The molecule has 0 bridgehead atoms. The Morgan fingerprint density at radius 3 is 2.67 bits per heavy atom. The Labute approximate surface area is 148 Å². The number of anilines is 2. The second kappa shape index (κ2) is 7.39. The van der Waals surface area contributed by atoms with E-state index in [2.05, 4.69) is 36.6 Å². The molecule has 2 aromatic rings. The largest absolute Gasteiger partial charge is 0.385 e. The molecule has 1 aliphatic carbocycles. The lowest BCUT2D eigenvalue weighted by Crippen LogP contribution is -2.26. The van der Waals surface area contributed by atoms with Crippen LogP contribution in [-0.2, 0) is 17.6 Å². The van der Waals surface area contributed by atoms with Crippen LogP contribution in [0, 0.1) is 5.92 Å². The standard InChI is InChI=1S/C20H26N2OS/c1-4-13(2)17(14-9-6-5-7-10-14)19(23)22-20-18(21-3)15-11-8-12-16(15)24-20/h5-7,9-10,13,17,21H,4,8,11-12H2,1-3H3,(H,22,23).